The van der Waals surface area contributed by atoms with Gasteiger partial charge in [0, 0.05) is 19.0 Å². The summed E-state index contributed by atoms with van der Waals surface area (Å²) < 4.78 is 10.8. The molecule has 2 unspecified atom stereocenters. The third-order valence-corrected chi connectivity index (χ3v) is 7.03. The molecule has 0 aliphatic carbocycles. The molecule has 2 heterocycles. The maximum Gasteiger partial charge on any atom is 0.328 e. The Morgan fingerprint density at radius 2 is 1.85 bits per heavy atom. The van der Waals surface area contributed by atoms with Crippen molar-refractivity contribution in [2.24, 2.45) is 0 Å². The molecule has 10 heteroatoms. The number of carbonyl (C=O) groups is 3. The first-order valence-electron chi connectivity index (χ1n) is 14.0. The summed E-state index contributed by atoms with van der Waals surface area (Å²) in [4.78, 5) is 53.2. The number of nitro groups is 1. The average molecular weight is 554 g/mol. The van der Waals surface area contributed by atoms with Crippen LogP contribution in [0.5, 0.6) is 11.5 Å². The van der Waals surface area contributed by atoms with E-state index in [0.717, 1.165) is 38.5 Å². The van der Waals surface area contributed by atoms with E-state index < -0.39 is 28.9 Å². The predicted octanol–water partition coefficient (Wildman–Crippen LogP) is 5.11. The zero-order valence-electron chi connectivity index (χ0n) is 23.5. The van der Waals surface area contributed by atoms with Crippen molar-refractivity contribution in [2.75, 3.05) is 13.7 Å². The number of benzene rings is 2. The molecule has 1 N–H and O–H groups in total. The number of methoxy groups -OCH3 is 1. The molecule has 2 aliphatic rings. The van der Waals surface area contributed by atoms with E-state index >= 15 is 0 Å². The van der Waals surface area contributed by atoms with Crippen molar-refractivity contribution in [3.8, 4) is 11.5 Å². The molecule has 0 aromatic heterocycles. The monoisotopic (exact) mass is 553 g/mol. The van der Waals surface area contributed by atoms with Gasteiger partial charge in [0.1, 0.15) is 17.8 Å². The molecule has 0 saturated heterocycles. The standard InChI is InChI=1S/C30H39N3O7/c1-4-6-8-9-13-25-29(35)31-24(30(36)39-3)18-22-14-15-27(26(19-22)33(37)38)40-23-12-10-11-21(17-23)20-28(34)32(25)16-7-5-2/h10-12,14-15,17,19,24-25H,4-9,13,16,18,20H2,1-3H3,(H,31,35). The molecule has 4 bridgehead atoms. The number of nitro benzene ring substituents is 1. The van der Waals surface area contributed by atoms with Crippen LogP contribution < -0.4 is 10.1 Å². The minimum Gasteiger partial charge on any atom is -0.467 e. The maximum atomic E-state index is 13.8. The van der Waals surface area contributed by atoms with Crippen LogP contribution in [0, 0.1) is 10.1 Å². The summed E-state index contributed by atoms with van der Waals surface area (Å²) in [6.45, 7) is 4.54. The van der Waals surface area contributed by atoms with Crippen molar-refractivity contribution in [2.45, 2.75) is 83.7 Å². The van der Waals surface area contributed by atoms with Crippen LogP contribution in [0.25, 0.3) is 0 Å². The molecule has 2 amide bonds. The van der Waals surface area contributed by atoms with E-state index in [4.69, 9.17) is 9.47 Å². The fraction of sp³-hybridized carbons (Fsp3) is 0.500. The third kappa shape index (κ3) is 8.27. The fourth-order valence-corrected chi connectivity index (χ4v) is 4.86. The van der Waals surface area contributed by atoms with Gasteiger partial charge in [-0.2, -0.15) is 0 Å². The first-order chi connectivity index (χ1) is 19.3. The summed E-state index contributed by atoms with van der Waals surface area (Å²) >= 11 is 0. The third-order valence-electron chi connectivity index (χ3n) is 7.03. The van der Waals surface area contributed by atoms with Crippen LogP contribution >= 0.6 is 0 Å². The highest BCUT2D eigenvalue weighted by molar-refractivity contribution is 5.91. The minimum absolute atomic E-state index is 0.0273. The highest BCUT2D eigenvalue weighted by Crippen LogP contribution is 2.33. The van der Waals surface area contributed by atoms with Gasteiger partial charge >= 0.3 is 11.7 Å². The number of hydrogen-bond donors (Lipinski definition) is 1. The lowest BCUT2D eigenvalue weighted by molar-refractivity contribution is -0.385. The summed E-state index contributed by atoms with van der Waals surface area (Å²) in [5.41, 5.74) is 0.836. The van der Waals surface area contributed by atoms with E-state index in [1.165, 1.54) is 19.2 Å². The number of hydrogen-bond acceptors (Lipinski definition) is 7. The first-order valence-corrected chi connectivity index (χ1v) is 14.0. The average Bonchev–Trinajstić information content (AvgIpc) is 2.93. The molecule has 0 saturated carbocycles. The quantitative estimate of drug-likeness (QED) is 0.187. The SMILES string of the molecule is CCCCCCC1C(=O)NC(C(=O)OC)Cc2ccc(c([N+](=O)[O-])c2)Oc2cccc(c2)CC(=O)N1CCCC. The Balaban J connectivity index is 2.09. The number of carbonyl (C=O) groups excluding carboxylic acids is 3. The molecule has 40 heavy (non-hydrogen) atoms. The zero-order valence-corrected chi connectivity index (χ0v) is 23.5. The molecular weight excluding hydrogens is 514 g/mol. The fourth-order valence-electron chi connectivity index (χ4n) is 4.86. The number of nitrogens with zero attached hydrogens (tertiary/aromatic N) is 2. The number of amides is 2. The summed E-state index contributed by atoms with van der Waals surface area (Å²) in [6.07, 6.45) is 5.75. The van der Waals surface area contributed by atoms with E-state index in [-0.39, 0.29) is 30.2 Å². The normalized spacial score (nSPS) is 17.7. The number of fused-ring (bicyclic) bond motifs is 9. The van der Waals surface area contributed by atoms with E-state index in [2.05, 4.69) is 12.2 Å². The molecule has 4 rings (SSSR count). The van der Waals surface area contributed by atoms with Crippen LogP contribution in [0.2, 0.25) is 0 Å². The second kappa shape index (κ2) is 15.0. The Morgan fingerprint density at radius 1 is 1.07 bits per heavy atom. The molecule has 0 fully saturated rings. The molecule has 10 nitrogen and oxygen atoms in total. The highest BCUT2D eigenvalue weighted by atomic mass is 16.6. The number of ether oxygens (including phenoxy) is 2. The molecule has 0 spiro atoms. The van der Waals surface area contributed by atoms with Crippen molar-refractivity contribution in [1.29, 1.82) is 0 Å². The van der Waals surface area contributed by atoms with Gasteiger partial charge < -0.3 is 19.7 Å². The Morgan fingerprint density at radius 3 is 2.55 bits per heavy atom. The summed E-state index contributed by atoms with van der Waals surface area (Å²) in [5.74, 6) is -0.943. The smallest absolute Gasteiger partial charge is 0.328 e. The number of unbranched alkanes of at least 4 members (excludes halogenated alkanes) is 4. The molecule has 216 valence electrons. The van der Waals surface area contributed by atoms with Crippen molar-refractivity contribution < 1.29 is 28.8 Å². The van der Waals surface area contributed by atoms with Gasteiger partial charge in [0.2, 0.25) is 17.6 Å². The van der Waals surface area contributed by atoms with Crippen molar-refractivity contribution in [3.05, 3.63) is 63.7 Å². The van der Waals surface area contributed by atoms with E-state index in [1.807, 2.05) is 6.92 Å². The van der Waals surface area contributed by atoms with Gasteiger partial charge in [0.05, 0.1) is 18.5 Å². The van der Waals surface area contributed by atoms with Gasteiger partial charge in [-0.05, 0) is 42.2 Å². The predicted molar refractivity (Wildman–Crippen MR) is 150 cm³/mol. The van der Waals surface area contributed by atoms with Crippen LogP contribution in [0.15, 0.2) is 42.5 Å². The lowest BCUT2D eigenvalue weighted by Crippen LogP contribution is -2.54. The maximum absolute atomic E-state index is 13.8. The van der Waals surface area contributed by atoms with Gasteiger partial charge in [0.15, 0.2) is 0 Å². The molecule has 0 radical (unpaired) electrons. The van der Waals surface area contributed by atoms with Gasteiger partial charge in [-0.15, -0.1) is 0 Å². The van der Waals surface area contributed by atoms with Gasteiger partial charge in [-0.25, -0.2) is 4.79 Å². The van der Waals surface area contributed by atoms with Crippen molar-refractivity contribution in [1.82, 2.24) is 10.2 Å². The van der Waals surface area contributed by atoms with Gasteiger partial charge in [0.25, 0.3) is 0 Å². The summed E-state index contributed by atoms with van der Waals surface area (Å²) in [6, 6.07) is 9.44. The Labute approximate surface area is 235 Å². The van der Waals surface area contributed by atoms with E-state index in [9.17, 15) is 24.5 Å². The van der Waals surface area contributed by atoms with E-state index in [1.54, 1.807) is 35.2 Å². The molecule has 2 aromatic rings. The van der Waals surface area contributed by atoms with Crippen LogP contribution in [0.3, 0.4) is 0 Å². The topological polar surface area (TPSA) is 128 Å². The Bertz CT molecular complexity index is 1200. The summed E-state index contributed by atoms with van der Waals surface area (Å²) in [7, 11) is 1.22. The molecular formula is C30H39N3O7. The Hall–Kier alpha value is -3.95. The largest absolute Gasteiger partial charge is 0.467 e. The minimum atomic E-state index is -1.09. The van der Waals surface area contributed by atoms with Gasteiger partial charge in [-0.1, -0.05) is 64.2 Å². The van der Waals surface area contributed by atoms with Crippen LogP contribution in [-0.4, -0.2) is 53.3 Å². The van der Waals surface area contributed by atoms with Crippen LogP contribution in [0.4, 0.5) is 5.69 Å². The van der Waals surface area contributed by atoms with E-state index in [0.29, 0.717) is 29.8 Å². The van der Waals surface area contributed by atoms with Crippen LogP contribution in [0.1, 0.15) is 69.9 Å². The zero-order chi connectivity index (χ0) is 29.1. The van der Waals surface area contributed by atoms with Crippen LogP contribution in [-0.2, 0) is 32.0 Å². The number of esters is 1. The van der Waals surface area contributed by atoms with Gasteiger partial charge in [-0.3, -0.25) is 19.7 Å². The first kappa shape index (κ1) is 30.6. The highest BCUT2D eigenvalue weighted by Gasteiger charge is 2.33. The molecule has 2 aromatic carbocycles. The lowest BCUT2D eigenvalue weighted by atomic mass is 10.0. The molecule has 2 aliphatic heterocycles. The molecule has 2 atom stereocenters. The Kier molecular flexibility index (Phi) is 11.5. The lowest BCUT2D eigenvalue weighted by Gasteiger charge is -2.32. The second-order valence-electron chi connectivity index (χ2n) is 10.1. The number of nitrogens with one attached hydrogen (secondary N) is 1. The summed E-state index contributed by atoms with van der Waals surface area (Å²) in [5, 5.41) is 14.7. The second-order valence-corrected chi connectivity index (χ2v) is 10.1. The van der Waals surface area contributed by atoms with Crippen molar-refractivity contribution >= 4 is 23.5 Å². The number of rotatable bonds is 10. The van der Waals surface area contributed by atoms with Crippen molar-refractivity contribution in [3.63, 3.8) is 0 Å².